The highest BCUT2D eigenvalue weighted by Crippen LogP contribution is 2.30. The van der Waals surface area contributed by atoms with Crippen LogP contribution >= 0.6 is 0 Å². The molecule has 4 heteroatoms. The van der Waals surface area contributed by atoms with Gasteiger partial charge in [-0.2, -0.15) is 13.2 Å². The van der Waals surface area contributed by atoms with E-state index in [4.69, 9.17) is 0 Å². The number of alkyl halides is 3. The maximum atomic E-state index is 12.3. The molecule has 0 unspecified atom stereocenters. The summed E-state index contributed by atoms with van der Waals surface area (Å²) in [6.45, 7) is 5.71. The maximum Gasteiger partial charge on any atom is 0.416 e. The van der Waals surface area contributed by atoms with Gasteiger partial charge >= 0.3 is 6.18 Å². The second kappa shape index (κ2) is 5.23. The summed E-state index contributed by atoms with van der Waals surface area (Å²) in [4.78, 5) is 2.06. The minimum Gasteiger partial charge on any atom is -0.372 e. The monoisotopic (exact) mass is 231 g/mol. The summed E-state index contributed by atoms with van der Waals surface area (Å²) in [7, 11) is 0. The number of anilines is 1. The van der Waals surface area contributed by atoms with Crippen LogP contribution in [0, 0.1) is 0 Å². The SMILES string of the molecule is CCCN(CC)c1ccc(C(F)(F)F)cc1. The van der Waals surface area contributed by atoms with E-state index in [0.29, 0.717) is 0 Å². The van der Waals surface area contributed by atoms with Crippen LogP contribution in [-0.2, 0) is 6.18 Å². The van der Waals surface area contributed by atoms with E-state index in [2.05, 4.69) is 4.90 Å². The summed E-state index contributed by atoms with van der Waals surface area (Å²) in [6.07, 6.45) is -3.27. The Kier molecular flexibility index (Phi) is 4.21. The van der Waals surface area contributed by atoms with Crippen molar-refractivity contribution in [2.75, 3.05) is 18.0 Å². The zero-order valence-corrected chi connectivity index (χ0v) is 9.51. The fraction of sp³-hybridized carbons (Fsp3) is 0.500. The second-order valence-corrected chi connectivity index (χ2v) is 3.62. The van der Waals surface area contributed by atoms with Crippen molar-refractivity contribution in [3.8, 4) is 0 Å². The van der Waals surface area contributed by atoms with Gasteiger partial charge in [-0.1, -0.05) is 6.92 Å². The Bertz CT molecular complexity index is 316. The molecule has 0 bridgehead atoms. The summed E-state index contributed by atoms with van der Waals surface area (Å²) in [5, 5.41) is 0. The Morgan fingerprint density at radius 2 is 1.62 bits per heavy atom. The molecule has 1 aromatic carbocycles. The van der Waals surface area contributed by atoms with E-state index < -0.39 is 11.7 Å². The Hall–Kier alpha value is -1.19. The van der Waals surface area contributed by atoms with Gasteiger partial charge in [-0.15, -0.1) is 0 Å². The van der Waals surface area contributed by atoms with Crippen LogP contribution in [0.4, 0.5) is 18.9 Å². The van der Waals surface area contributed by atoms with Crippen molar-refractivity contribution in [2.24, 2.45) is 0 Å². The van der Waals surface area contributed by atoms with Crippen molar-refractivity contribution >= 4 is 5.69 Å². The largest absolute Gasteiger partial charge is 0.416 e. The van der Waals surface area contributed by atoms with Gasteiger partial charge in [0, 0.05) is 18.8 Å². The van der Waals surface area contributed by atoms with Crippen molar-refractivity contribution in [1.82, 2.24) is 0 Å². The summed E-state index contributed by atoms with van der Waals surface area (Å²) in [5.41, 5.74) is 0.251. The van der Waals surface area contributed by atoms with E-state index in [-0.39, 0.29) is 0 Å². The van der Waals surface area contributed by atoms with Crippen molar-refractivity contribution in [3.05, 3.63) is 29.8 Å². The zero-order chi connectivity index (χ0) is 12.2. The first-order valence-electron chi connectivity index (χ1n) is 5.41. The molecule has 0 fully saturated rings. The molecule has 16 heavy (non-hydrogen) atoms. The number of rotatable bonds is 4. The lowest BCUT2D eigenvalue weighted by Crippen LogP contribution is -2.23. The maximum absolute atomic E-state index is 12.3. The number of nitrogens with zero attached hydrogens (tertiary/aromatic N) is 1. The number of benzene rings is 1. The molecule has 0 amide bonds. The molecular formula is C12H16F3N. The third-order valence-corrected chi connectivity index (χ3v) is 2.44. The Morgan fingerprint density at radius 1 is 1.06 bits per heavy atom. The van der Waals surface area contributed by atoms with Crippen molar-refractivity contribution in [2.45, 2.75) is 26.4 Å². The van der Waals surface area contributed by atoms with Crippen LogP contribution in [-0.4, -0.2) is 13.1 Å². The number of hydrogen-bond acceptors (Lipinski definition) is 1. The lowest BCUT2D eigenvalue weighted by atomic mass is 10.2. The van der Waals surface area contributed by atoms with Crippen molar-refractivity contribution in [1.29, 1.82) is 0 Å². The van der Waals surface area contributed by atoms with Crippen LogP contribution in [0.15, 0.2) is 24.3 Å². The molecule has 0 N–H and O–H groups in total. The third-order valence-electron chi connectivity index (χ3n) is 2.44. The summed E-state index contributed by atoms with van der Waals surface area (Å²) >= 11 is 0. The van der Waals surface area contributed by atoms with Gasteiger partial charge in [0.1, 0.15) is 0 Å². The molecule has 0 saturated heterocycles. The van der Waals surface area contributed by atoms with Gasteiger partial charge in [0.2, 0.25) is 0 Å². The number of halogens is 3. The van der Waals surface area contributed by atoms with Crippen LogP contribution in [0.3, 0.4) is 0 Å². The van der Waals surface area contributed by atoms with Crippen molar-refractivity contribution < 1.29 is 13.2 Å². The summed E-state index contributed by atoms with van der Waals surface area (Å²) in [6, 6.07) is 5.32. The summed E-state index contributed by atoms with van der Waals surface area (Å²) < 4.78 is 37.0. The van der Waals surface area contributed by atoms with E-state index in [1.54, 1.807) is 0 Å². The first-order chi connectivity index (χ1) is 7.49. The van der Waals surface area contributed by atoms with Gasteiger partial charge in [0.15, 0.2) is 0 Å². The molecular weight excluding hydrogens is 215 g/mol. The van der Waals surface area contributed by atoms with Crippen LogP contribution in [0.2, 0.25) is 0 Å². The molecule has 0 aliphatic rings. The lowest BCUT2D eigenvalue weighted by molar-refractivity contribution is -0.137. The van der Waals surface area contributed by atoms with Gasteiger partial charge in [0.05, 0.1) is 5.56 Å². The standard InChI is InChI=1S/C12H16F3N/c1-3-9-16(4-2)11-7-5-10(6-8-11)12(13,14)15/h5-8H,3-4,9H2,1-2H3. The van der Waals surface area contributed by atoms with Crippen LogP contribution in [0.25, 0.3) is 0 Å². The van der Waals surface area contributed by atoms with E-state index in [1.807, 2.05) is 13.8 Å². The minimum absolute atomic E-state index is 0.594. The van der Waals surface area contributed by atoms with Gasteiger partial charge in [0.25, 0.3) is 0 Å². The quantitative estimate of drug-likeness (QED) is 0.758. The second-order valence-electron chi connectivity index (χ2n) is 3.62. The molecule has 0 atom stereocenters. The molecule has 0 spiro atoms. The van der Waals surface area contributed by atoms with Gasteiger partial charge in [-0.05, 0) is 37.6 Å². The average molecular weight is 231 g/mol. The number of hydrogen-bond donors (Lipinski definition) is 0. The predicted molar refractivity (Wildman–Crippen MR) is 59.6 cm³/mol. The molecule has 0 aliphatic heterocycles. The van der Waals surface area contributed by atoms with E-state index in [9.17, 15) is 13.2 Å². The smallest absolute Gasteiger partial charge is 0.372 e. The third kappa shape index (κ3) is 3.15. The van der Waals surface area contributed by atoms with Crippen LogP contribution in [0.1, 0.15) is 25.8 Å². The van der Waals surface area contributed by atoms with E-state index >= 15 is 0 Å². The van der Waals surface area contributed by atoms with E-state index in [1.165, 1.54) is 12.1 Å². The van der Waals surface area contributed by atoms with Gasteiger partial charge in [-0.3, -0.25) is 0 Å². The highest BCUT2D eigenvalue weighted by molar-refractivity contribution is 5.47. The molecule has 0 radical (unpaired) electrons. The lowest BCUT2D eigenvalue weighted by Gasteiger charge is -2.22. The molecule has 1 aromatic rings. The first kappa shape index (κ1) is 12.9. The molecule has 1 rings (SSSR count). The van der Waals surface area contributed by atoms with E-state index in [0.717, 1.165) is 37.3 Å². The fourth-order valence-electron chi connectivity index (χ4n) is 1.60. The molecule has 90 valence electrons. The van der Waals surface area contributed by atoms with Crippen LogP contribution < -0.4 is 4.90 Å². The van der Waals surface area contributed by atoms with Gasteiger partial charge < -0.3 is 4.90 Å². The summed E-state index contributed by atoms with van der Waals surface area (Å²) in [5.74, 6) is 0. The minimum atomic E-state index is -4.25. The topological polar surface area (TPSA) is 3.24 Å². The Labute approximate surface area is 93.9 Å². The normalized spacial score (nSPS) is 11.6. The fourth-order valence-corrected chi connectivity index (χ4v) is 1.60. The van der Waals surface area contributed by atoms with Crippen LogP contribution in [0.5, 0.6) is 0 Å². The predicted octanol–water partition coefficient (Wildman–Crippen LogP) is 3.94. The average Bonchev–Trinajstić information content (AvgIpc) is 2.25. The van der Waals surface area contributed by atoms with Crippen molar-refractivity contribution in [3.63, 3.8) is 0 Å². The van der Waals surface area contributed by atoms with Gasteiger partial charge in [-0.25, -0.2) is 0 Å². The molecule has 0 heterocycles. The molecule has 0 saturated carbocycles. The molecule has 0 aromatic heterocycles. The zero-order valence-electron chi connectivity index (χ0n) is 9.51. The molecule has 1 nitrogen and oxygen atoms in total. The molecule has 0 aliphatic carbocycles. The highest BCUT2D eigenvalue weighted by Gasteiger charge is 2.30. The highest BCUT2D eigenvalue weighted by atomic mass is 19.4. The Morgan fingerprint density at radius 3 is 2.00 bits per heavy atom. The first-order valence-corrected chi connectivity index (χ1v) is 5.41. The Balaban J connectivity index is 2.85.